The van der Waals surface area contributed by atoms with Gasteiger partial charge in [0.2, 0.25) is 0 Å². The number of aromatic nitrogens is 1. The minimum atomic E-state index is -1.04. The first-order valence-corrected chi connectivity index (χ1v) is 6.70. The molecule has 0 spiro atoms. The lowest BCUT2D eigenvalue weighted by Gasteiger charge is -2.06. The summed E-state index contributed by atoms with van der Waals surface area (Å²) in [5, 5.41) is 13.3. The van der Waals surface area contributed by atoms with E-state index in [1.165, 1.54) is 29.5 Å². The van der Waals surface area contributed by atoms with Crippen LogP contribution < -0.4 is 11.1 Å². The number of amides is 1. The lowest BCUT2D eigenvalue weighted by Crippen LogP contribution is -2.13. The molecule has 98 valence electrons. The zero-order valence-electron chi connectivity index (χ0n) is 9.38. The van der Waals surface area contributed by atoms with Gasteiger partial charge in [0.25, 0.3) is 5.91 Å². The van der Waals surface area contributed by atoms with E-state index in [9.17, 15) is 9.59 Å². The summed E-state index contributed by atoms with van der Waals surface area (Å²) in [4.78, 5) is 26.5. The molecule has 0 unspecified atom stereocenters. The molecule has 8 heteroatoms. The molecule has 0 saturated heterocycles. The third-order valence-corrected chi connectivity index (χ3v) is 3.55. The molecule has 2 aromatic rings. The van der Waals surface area contributed by atoms with Gasteiger partial charge in [-0.25, -0.2) is 9.78 Å². The number of anilines is 2. The van der Waals surface area contributed by atoms with Gasteiger partial charge < -0.3 is 16.2 Å². The van der Waals surface area contributed by atoms with Crippen LogP contribution in [-0.4, -0.2) is 22.0 Å². The third kappa shape index (κ3) is 3.09. The highest BCUT2D eigenvalue weighted by Crippen LogP contribution is 2.24. The summed E-state index contributed by atoms with van der Waals surface area (Å²) < 4.78 is 0.476. The topological polar surface area (TPSA) is 105 Å². The van der Waals surface area contributed by atoms with Gasteiger partial charge in [-0.1, -0.05) is 0 Å². The number of hydrogen-bond acceptors (Lipinski definition) is 5. The molecule has 1 amide bonds. The van der Waals surface area contributed by atoms with Crippen molar-refractivity contribution in [2.45, 2.75) is 0 Å². The van der Waals surface area contributed by atoms with Gasteiger partial charge in [-0.05, 0) is 34.1 Å². The van der Waals surface area contributed by atoms with Gasteiger partial charge in [-0.15, -0.1) is 11.3 Å². The molecule has 0 radical (unpaired) electrons. The zero-order valence-corrected chi connectivity index (χ0v) is 11.8. The van der Waals surface area contributed by atoms with Crippen LogP contribution in [0.5, 0.6) is 0 Å². The summed E-state index contributed by atoms with van der Waals surface area (Å²) in [6.07, 6.45) is 0. The molecule has 1 aromatic heterocycles. The number of carboxylic acid groups (broad SMARTS) is 1. The summed E-state index contributed by atoms with van der Waals surface area (Å²) in [7, 11) is 0. The van der Waals surface area contributed by atoms with Crippen LogP contribution in [-0.2, 0) is 0 Å². The molecule has 0 saturated carbocycles. The average Bonchev–Trinajstić information content (AvgIpc) is 2.78. The van der Waals surface area contributed by atoms with E-state index >= 15 is 0 Å². The molecule has 0 atom stereocenters. The van der Waals surface area contributed by atoms with Crippen LogP contribution in [0.15, 0.2) is 28.1 Å². The molecule has 0 aliphatic heterocycles. The number of aromatic carboxylic acids is 1. The largest absolute Gasteiger partial charge is 0.478 e. The van der Waals surface area contributed by atoms with Gasteiger partial charge in [0.1, 0.15) is 5.69 Å². The second-order valence-electron chi connectivity index (χ2n) is 3.52. The Morgan fingerprint density at radius 3 is 2.68 bits per heavy atom. The normalized spacial score (nSPS) is 10.2. The van der Waals surface area contributed by atoms with Crippen molar-refractivity contribution in [3.05, 3.63) is 39.3 Å². The van der Waals surface area contributed by atoms with Crippen LogP contribution in [0.1, 0.15) is 20.8 Å². The van der Waals surface area contributed by atoms with Crippen molar-refractivity contribution in [3.8, 4) is 0 Å². The third-order valence-electron chi connectivity index (χ3n) is 2.22. The van der Waals surface area contributed by atoms with E-state index in [-0.39, 0.29) is 11.3 Å². The first kappa shape index (κ1) is 13.5. The number of hydrogen-bond donors (Lipinski definition) is 3. The van der Waals surface area contributed by atoms with E-state index in [4.69, 9.17) is 10.8 Å². The lowest BCUT2D eigenvalue weighted by atomic mass is 10.2. The van der Waals surface area contributed by atoms with Crippen molar-refractivity contribution in [1.82, 2.24) is 4.98 Å². The van der Waals surface area contributed by atoms with Crippen LogP contribution in [0.2, 0.25) is 0 Å². The average molecular weight is 342 g/mol. The first-order valence-electron chi connectivity index (χ1n) is 5.02. The molecule has 19 heavy (non-hydrogen) atoms. The molecule has 4 N–H and O–H groups in total. The van der Waals surface area contributed by atoms with E-state index < -0.39 is 11.9 Å². The van der Waals surface area contributed by atoms with Crippen molar-refractivity contribution < 1.29 is 14.7 Å². The van der Waals surface area contributed by atoms with Crippen LogP contribution in [0.25, 0.3) is 0 Å². The number of nitrogen functional groups attached to an aromatic ring is 1. The highest BCUT2D eigenvalue weighted by atomic mass is 79.9. The van der Waals surface area contributed by atoms with Gasteiger partial charge in [0.15, 0.2) is 5.13 Å². The summed E-state index contributed by atoms with van der Waals surface area (Å²) in [6, 6.07) is 4.31. The number of nitrogens with zero attached hydrogens (tertiary/aromatic N) is 1. The Bertz CT molecular complexity index is 656. The fraction of sp³-hybridized carbons (Fsp3) is 0. The number of carbonyl (C=O) groups is 2. The van der Waals surface area contributed by atoms with E-state index in [2.05, 4.69) is 26.2 Å². The fourth-order valence-electron chi connectivity index (χ4n) is 1.33. The number of nitrogens with two attached hydrogens (primary N) is 1. The van der Waals surface area contributed by atoms with Crippen molar-refractivity contribution in [3.63, 3.8) is 0 Å². The number of halogens is 1. The van der Waals surface area contributed by atoms with Crippen molar-refractivity contribution in [1.29, 1.82) is 0 Å². The maximum absolute atomic E-state index is 11.8. The highest BCUT2D eigenvalue weighted by molar-refractivity contribution is 9.10. The predicted molar refractivity (Wildman–Crippen MR) is 75.6 cm³/mol. The molecule has 1 aromatic carbocycles. The SMILES string of the molecule is Nc1nc(C(=O)Nc2ccc(C(=O)O)cc2Br)cs1. The van der Waals surface area contributed by atoms with Crippen LogP contribution in [0.3, 0.4) is 0 Å². The Kier molecular flexibility index (Phi) is 3.82. The van der Waals surface area contributed by atoms with E-state index in [1.807, 2.05) is 0 Å². The Morgan fingerprint density at radius 1 is 1.42 bits per heavy atom. The molecular formula is C11H8BrN3O3S. The standard InChI is InChI=1S/C11H8BrN3O3S/c12-6-3-5(10(17)18)1-2-7(6)14-9(16)8-4-19-11(13)15-8/h1-4H,(H2,13,15)(H,14,16)(H,17,18). The zero-order chi connectivity index (χ0) is 14.0. The van der Waals surface area contributed by atoms with E-state index in [0.29, 0.717) is 15.3 Å². The van der Waals surface area contributed by atoms with Crippen molar-refractivity contribution >= 4 is 50.0 Å². The second-order valence-corrected chi connectivity index (χ2v) is 5.27. The number of benzene rings is 1. The molecule has 0 fully saturated rings. The summed E-state index contributed by atoms with van der Waals surface area (Å²) >= 11 is 4.37. The Labute approximate surface area is 120 Å². The fourth-order valence-corrected chi connectivity index (χ4v) is 2.35. The maximum Gasteiger partial charge on any atom is 0.335 e. The molecule has 6 nitrogen and oxygen atoms in total. The van der Waals surface area contributed by atoms with Crippen LogP contribution in [0.4, 0.5) is 10.8 Å². The molecule has 0 aliphatic rings. The molecule has 1 heterocycles. The molecule has 0 bridgehead atoms. The van der Waals surface area contributed by atoms with Gasteiger partial charge in [-0.2, -0.15) is 0 Å². The molecular weight excluding hydrogens is 334 g/mol. The van der Waals surface area contributed by atoms with Gasteiger partial charge in [-0.3, -0.25) is 4.79 Å². The number of nitrogens with one attached hydrogen (secondary N) is 1. The molecule has 2 rings (SSSR count). The maximum atomic E-state index is 11.8. The van der Waals surface area contributed by atoms with Crippen LogP contribution in [0, 0.1) is 0 Å². The Balaban J connectivity index is 2.20. The minimum Gasteiger partial charge on any atom is -0.478 e. The number of thiazole rings is 1. The highest BCUT2D eigenvalue weighted by Gasteiger charge is 2.13. The predicted octanol–water partition coefficient (Wildman–Crippen LogP) is 2.44. The summed E-state index contributed by atoms with van der Waals surface area (Å²) in [6.45, 7) is 0. The quantitative estimate of drug-likeness (QED) is 0.795. The summed E-state index contributed by atoms with van der Waals surface area (Å²) in [5.74, 6) is -1.44. The number of rotatable bonds is 3. The second kappa shape index (κ2) is 5.37. The number of carboxylic acids is 1. The van der Waals surface area contributed by atoms with Crippen molar-refractivity contribution in [2.24, 2.45) is 0 Å². The summed E-state index contributed by atoms with van der Waals surface area (Å²) in [5.41, 5.74) is 6.25. The van der Waals surface area contributed by atoms with Crippen LogP contribution >= 0.6 is 27.3 Å². The Hall–Kier alpha value is -1.93. The van der Waals surface area contributed by atoms with Gasteiger partial charge in [0.05, 0.1) is 11.3 Å². The first-order chi connectivity index (χ1) is 8.97. The lowest BCUT2D eigenvalue weighted by molar-refractivity contribution is 0.0696. The van der Waals surface area contributed by atoms with E-state index in [0.717, 1.165) is 0 Å². The smallest absolute Gasteiger partial charge is 0.335 e. The Morgan fingerprint density at radius 2 is 2.16 bits per heavy atom. The van der Waals surface area contributed by atoms with Gasteiger partial charge >= 0.3 is 5.97 Å². The van der Waals surface area contributed by atoms with Crippen molar-refractivity contribution in [2.75, 3.05) is 11.1 Å². The minimum absolute atomic E-state index is 0.128. The van der Waals surface area contributed by atoms with E-state index in [1.54, 1.807) is 5.38 Å². The monoisotopic (exact) mass is 341 g/mol. The molecule has 0 aliphatic carbocycles. The number of carbonyl (C=O) groups excluding carboxylic acids is 1. The van der Waals surface area contributed by atoms with Gasteiger partial charge in [0, 0.05) is 9.85 Å².